The molecule has 0 radical (unpaired) electrons. The van der Waals surface area contributed by atoms with Gasteiger partial charge in [0.15, 0.2) is 0 Å². The van der Waals surface area contributed by atoms with Crippen LogP contribution in [0, 0.1) is 5.82 Å². The van der Waals surface area contributed by atoms with Crippen molar-refractivity contribution in [3.8, 4) is 0 Å². The highest BCUT2D eigenvalue weighted by molar-refractivity contribution is 6.52. The predicted molar refractivity (Wildman–Crippen MR) is 61.8 cm³/mol. The van der Waals surface area contributed by atoms with Crippen LogP contribution < -0.4 is 4.90 Å². The number of amides is 2. The third kappa shape index (κ3) is 1.85. The molecule has 2 amide bonds. The topological polar surface area (TPSA) is 57.7 Å². The van der Waals surface area contributed by atoms with Crippen LogP contribution in [0.4, 0.5) is 10.1 Å². The number of rotatable bonds is 2. The maximum absolute atomic E-state index is 13.1. The number of hydrogen-bond donors (Lipinski definition) is 0. The van der Waals surface area contributed by atoms with Crippen LogP contribution in [0.2, 0.25) is 0 Å². The second kappa shape index (κ2) is 4.21. The molecule has 18 heavy (non-hydrogen) atoms. The Morgan fingerprint density at radius 2 is 2.00 bits per heavy atom. The van der Waals surface area contributed by atoms with Crippen LogP contribution in [0.1, 0.15) is 10.4 Å². The number of carbonyl (C=O) groups is 3. The zero-order valence-electron chi connectivity index (χ0n) is 9.94. The molecule has 1 aromatic carbocycles. The zero-order chi connectivity index (χ0) is 13.4. The maximum Gasteiger partial charge on any atom is 0.299 e. The molecule has 1 aliphatic rings. The van der Waals surface area contributed by atoms with Crippen LogP contribution >= 0.6 is 0 Å². The van der Waals surface area contributed by atoms with E-state index in [4.69, 9.17) is 0 Å². The Labute approximate surface area is 103 Å². The number of hydrogen-bond acceptors (Lipinski definition) is 3. The monoisotopic (exact) mass is 250 g/mol. The van der Waals surface area contributed by atoms with Crippen molar-refractivity contribution in [3.63, 3.8) is 0 Å². The number of likely N-dealkylation sites (N-methyl/N-ethyl adjacent to an activating group) is 1. The fraction of sp³-hybridized carbons (Fsp3) is 0.250. The number of Topliss-reactive ketones (excluding diaryl/α,β-unsaturated/α-hetero) is 1. The van der Waals surface area contributed by atoms with Crippen LogP contribution in [0.5, 0.6) is 0 Å². The largest absolute Gasteiger partial charge is 0.347 e. The van der Waals surface area contributed by atoms with Crippen molar-refractivity contribution in [1.29, 1.82) is 0 Å². The standard InChI is InChI=1S/C12H11FN2O3/c1-14(2)10(16)6-15-9-5-7(13)3-4-8(9)11(17)12(15)18/h3-5H,6H2,1-2H3. The van der Waals surface area contributed by atoms with E-state index in [1.165, 1.54) is 25.1 Å². The Bertz CT molecular complexity index is 554. The number of carbonyl (C=O) groups excluding carboxylic acids is 3. The third-order valence-corrected chi connectivity index (χ3v) is 2.73. The van der Waals surface area contributed by atoms with E-state index in [0.717, 1.165) is 17.0 Å². The minimum Gasteiger partial charge on any atom is -0.347 e. The highest BCUT2D eigenvalue weighted by atomic mass is 19.1. The summed E-state index contributed by atoms with van der Waals surface area (Å²) >= 11 is 0. The second-order valence-corrected chi connectivity index (χ2v) is 4.17. The van der Waals surface area contributed by atoms with Gasteiger partial charge in [0.05, 0.1) is 11.3 Å². The van der Waals surface area contributed by atoms with E-state index in [-0.39, 0.29) is 23.7 Å². The molecule has 1 aromatic rings. The van der Waals surface area contributed by atoms with E-state index in [0.29, 0.717) is 0 Å². The van der Waals surface area contributed by atoms with Crippen molar-refractivity contribution < 1.29 is 18.8 Å². The Hall–Kier alpha value is -2.24. The van der Waals surface area contributed by atoms with E-state index in [9.17, 15) is 18.8 Å². The Kier molecular flexibility index (Phi) is 2.86. The van der Waals surface area contributed by atoms with Crippen LogP contribution in [-0.2, 0) is 9.59 Å². The van der Waals surface area contributed by atoms with Gasteiger partial charge >= 0.3 is 0 Å². The maximum atomic E-state index is 13.1. The van der Waals surface area contributed by atoms with E-state index >= 15 is 0 Å². The summed E-state index contributed by atoms with van der Waals surface area (Å²) in [6, 6.07) is 3.45. The molecule has 0 saturated heterocycles. The highest BCUT2D eigenvalue weighted by Gasteiger charge is 2.37. The smallest absolute Gasteiger partial charge is 0.299 e. The first-order valence-corrected chi connectivity index (χ1v) is 5.27. The first-order chi connectivity index (χ1) is 8.41. The predicted octanol–water partition coefficient (Wildman–Crippen LogP) is 0.443. The lowest BCUT2D eigenvalue weighted by Gasteiger charge is -2.18. The summed E-state index contributed by atoms with van der Waals surface area (Å²) in [6.07, 6.45) is 0. The summed E-state index contributed by atoms with van der Waals surface area (Å²) in [5.41, 5.74) is 0.285. The molecular weight excluding hydrogens is 239 g/mol. The molecule has 5 nitrogen and oxygen atoms in total. The van der Waals surface area contributed by atoms with Gasteiger partial charge in [0, 0.05) is 14.1 Å². The van der Waals surface area contributed by atoms with E-state index in [1.54, 1.807) is 0 Å². The van der Waals surface area contributed by atoms with Gasteiger partial charge in [-0.15, -0.1) is 0 Å². The fourth-order valence-corrected chi connectivity index (χ4v) is 1.70. The lowest BCUT2D eigenvalue weighted by atomic mass is 10.1. The number of nitrogens with zero attached hydrogens (tertiary/aromatic N) is 2. The van der Waals surface area contributed by atoms with Crippen molar-refractivity contribution in [2.45, 2.75) is 0 Å². The van der Waals surface area contributed by atoms with Crippen molar-refractivity contribution in [1.82, 2.24) is 4.90 Å². The highest BCUT2D eigenvalue weighted by Crippen LogP contribution is 2.29. The van der Waals surface area contributed by atoms with Crippen molar-refractivity contribution in [2.75, 3.05) is 25.5 Å². The fourth-order valence-electron chi connectivity index (χ4n) is 1.70. The van der Waals surface area contributed by atoms with Gasteiger partial charge in [0.1, 0.15) is 12.4 Å². The lowest BCUT2D eigenvalue weighted by molar-refractivity contribution is -0.128. The van der Waals surface area contributed by atoms with E-state index in [1.807, 2.05) is 0 Å². The number of fused-ring (bicyclic) bond motifs is 1. The Balaban J connectivity index is 2.39. The number of ketones is 1. The number of anilines is 1. The molecule has 0 bridgehead atoms. The summed E-state index contributed by atoms with van der Waals surface area (Å²) in [5.74, 6) is -2.41. The van der Waals surface area contributed by atoms with Gasteiger partial charge in [-0.3, -0.25) is 19.3 Å². The molecule has 0 N–H and O–H groups in total. The first kappa shape index (κ1) is 12.2. The Morgan fingerprint density at radius 3 is 2.61 bits per heavy atom. The molecule has 0 unspecified atom stereocenters. The molecule has 0 fully saturated rings. The Morgan fingerprint density at radius 1 is 1.33 bits per heavy atom. The van der Waals surface area contributed by atoms with Gasteiger partial charge in [-0.2, -0.15) is 0 Å². The van der Waals surface area contributed by atoms with Crippen molar-refractivity contribution in [3.05, 3.63) is 29.6 Å². The normalized spacial score (nSPS) is 13.8. The zero-order valence-corrected chi connectivity index (χ0v) is 9.94. The SMILES string of the molecule is CN(C)C(=O)CN1C(=O)C(=O)c2ccc(F)cc21. The molecule has 2 rings (SSSR count). The van der Waals surface area contributed by atoms with Gasteiger partial charge in [0.2, 0.25) is 5.91 Å². The van der Waals surface area contributed by atoms with Crippen LogP contribution in [0.3, 0.4) is 0 Å². The molecule has 94 valence electrons. The van der Waals surface area contributed by atoms with Gasteiger partial charge in [0.25, 0.3) is 11.7 Å². The molecule has 0 aromatic heterocycles. The summed E-state index contributed by atoms with van der Waals surface area (Å²) in [6.45, 7) is -0.270. The summed E-state index contributed by atoms with van der Waals surface area (Å²) < 4.78 is 13.1. The van der Waals surface area contributed by atoms with Crippen LogP contribution in [0.25, 0.3) is 0 Å². The lowest BCUT2D eigenvalue weighted by Crippen LogP contribution is -2.39. The van der Waals surface area contributed by atoms with Gasteiger partial charge in [-0.05, 0) is 18.2 Å². The molecule has 0 atom stereocenters. The van der Waals surface area contributed by atoms with E-state index < -0.39 is 17.5 Å². The second-order valence-electron chi connectivity index (χ2n) is 4.17. The molecular formula is C12H11FN2O3. The summed E-state index contributed by atoms with van der Waals surface area (Å²) in [5, 5.41) is 0. The van der Waals surface area contributed by atoms with Crippen LogP contribution in [0.15, 0.2) is 18.2 Å². The van der Waals surface area contributed by atoms with Gasteiger partial charge in [-0.1, -0.05) is 0 Å². The van der Waals surface area contributed by atoms with Crippen LogP contribution in [-0.4, -0.2) is 43.1 Å². The summed E-state index contributed by atoms with van der Waals surface area (Å²) in [4.78, 5) is 37.2. The molecule has 0 aliphatic carbocycles. The van der Waals surface area contributed by atoms with Crippen molar-refractivity contribution >= 4 is 23.3 Å². The van der Waals surface area contributed by atoms with E-state index in [2.05, 4.69) is 0 Å². The third-order valence-electron chi connectivity index (χ3n) is 2.73. The molecule has 1 aliphatic heterocycles. The van der Waals surface area contributed by atoms with Gasteiger partial charge in [-0.25, -0.2) is 4.39 Å². The minimum absolute atomic E-state index is 0.132. The molecule has 0 spiro atoms. The average molecular weight is 250 g/mol. The molecule has 0 saturated carbocycles. The van der Waals surface area contributed by atoms with Crippen molar-refractivity contribution in [2.24, 2.45) is 0 Å². The molecule has 6 heteroatoms. The average Bonchev–Trinajstić information content (AvgIpc) is 2.54. The summed E-state index contributed by atoms with van der Waals surface area (Å²) in [7, 11) is 3.08. The first-order valence-electron chi connectivity index (χ1n) is 5.27. The van der Waals surface area contributed by atoms with Gasteiger partial charge < -0.3 is 4.90 Å². The molecule has 1 heterocycles. The number of benzene rings is 1. The number of halogens is 1. The quantitative estimate of drug-likeness (QED) is 0.716. The minimum atomic E-state index is -0.800.